The third kappa shape index (κ3) is 5.38. The molecule has 0 bridgehead atoms. The monoisotopic (exact) mass is 499 g/mol. The van der Waals surface area contributed by atoms with E-state index in [1.54, 1.807) is 41.3 Å². The number of amides is 1. The second kappa shape index (κ2) is 10.4. The fraction of sp³-hybridized carbons (Fsp3) is 0.120. The fourth-order valence-electron chi connectivity index (χ4n) is 3.28. The number of methoxy groups -OCH3 is 1. The van der Waals surface area contributed by atoms with Crippen molar-refractivity contribution >= 4 is 51.9 Å². The van der Waals surface area contributed by atoms with Crippen molar-refractivity contribution in [3.63, 3.8) is 0 Å². The van der Waals surface area contributed by atoms with E-state index in [4.69, 9.17) is 33.3 Å². The average Bonchev–Trinajstić information content (AvgIpc) is 3.07. The largest absolute Gasteiger partial charge is 0.493 e. The number of hydrogen-bond acceptors (Lipinski definition) is 5. The van der Waals surface area contributed by atoms with Crippen LogP contribution in [0.15, 0.2) is 71.6 Å². The molecule has 0 aliphatic carbocycles. The molecule has 8 heteroatoms. The Labute approximate surface area is 206 Å². The molecule has 0 saturated carbocycles. The van der Waals surface area contributed by atoms with Gasteiger partial charge in [-0.2, -0.15) is 0 Å². The van der Waals surface area contributed by atoms with Gasteiger partial charge in [-0.05, 0) is 35.4 Å². The van der Waals surface area contributed by atoms with E-state index >= 15 is 0 Å². The highest BCUT2D eigenvalue weighted by Crippen LogP contribution is 2.39. The van der Waals surface area contributed by atoms with Crippen molar-refractivity contribution in [2.45, 2.75) is 13.2 Å². The van der Waals surface area contributed by atoms with Crippen LogP contribution in [0.3, 0.4) is 0 Å². The zero-order valence-corrected chi connectivity index (χ0v) is 20.0. The molecule has 4 rings (SSSR count). The molecule has 1 heterocycles. The van der Waals surface area contributed by atoms with E-state index < -0.39 is 0 Å². The van der Waals surface area contributed by atoms with Crippen molar-refractivity contribution in [3.8, 4) is 11.5 Å². The lowest BCUT2D eigenvalue weighted by molar-refractivity contribution is -0.122. The van der Waals surface area contributed by atoms with Gasteiger partial charge in [-0.1, -0.05) is 84.1 Å². The molecule has 33 heavy (non-hydrogen) atoms. The van der Waals surface area contributed by atoms with Gasteiger partial charge in [0.25, 0.3) is 5.91 Å². The summed E-state index contributed by atoms with van der Waals surface area (Å²) < 4.78 is 25.6. The van der Waals surface area contributed by atoms with Gasteiger partial charge in [-0.25, -0.2) is 4.39 Å². The first kappa shape index (κ1) is 23.3. The van der Waals surface area contributed by atoms with Crippen molar-refractivity contribution in [3.05, 3.63) is 99.2 Å². The van der Waals surface area contributed by atoms with Crippen molar-refractivity contribution < 1.29 is 18.7 Å². The van der Waals surface area contributed by atoms with Gasteiger partial charge in [0.1, 0.15) is 16.7 Å². The number of carbonyl (C=O) groups excluding carboxylic acids is 1. The molecule has 3 aromatic carbocycles. The van der Waals surface area contributed by atoms with Gasteiger partial charge in [0.2, 0.25) is 0 Å². The Kier molecular flexibility index (Phi) is 7.33. The van der Waals surface area contributed by atoms with Gasteiger partial charge in [0.15, 0.2) is 11.5 Å². The lowest BCUT2D eigenvalue weighted by Crippen LogP contribution is -2.27. The Hall–Kier alpha value is -2.87. The minimum Gasteiger partial charge on any atom is -0.493 e. The van der Waals surface area contributed by atoms with Crippen LogP contribution in [-0.2, 0) is 17.9 Å². The van der Waals surface area contributed by atoms with Crippen LogP contribution in [0, 0.1) is 5.82 Å². The predicted molar refractivity (Wildman–Crippen MR) is 134 cm³/mol. The van der Waals surface area contributed by atoms with Crippen LogP contribution in [0.5, 0.6) is 11.5 Å². The van der Waals surface area contributed by atoms with Crippen LogP contribution < -0.4 is 9.47 Å². The Morgan fingerprint density at radius 2 is 1.85 bits per heavy atom. The van der Waals surface area contributed by atoms with E-state index in [2.05, 4.69) is 0 Å². The molecule has 0 N–H and O–H groups in total. The highest BCUT2D eigenvalue weighted by Gasteiger charge is 2.32. The van der Waals surface area contributed by atoms with Crippen LogP contribution in [0.25, 0.3) is 6.08 Å². The maximum atomic E-state index is 13.9. The number of hydrogen-bond donors (Lipinski definition) is 0. The quantitative estimate of drug-likeness (QED) is 0.275. The summed E-state index contributed by atoms with van der Waals surface area (Å²) in [7, 11) is 1.49. The summed E-state index contributed by atoms with van der Waals surface area (Å²) in [5.74, 6) is 0.159. The van der Waals surface area contributed by atoms with E-state index in [0.29, 0.717) is 38.4 Å². The van der Waals surface area contributed by atoms with Crippen LogP contribution in [-0.4, -0.2) is 22.2 Å². The van der Waals surface area contributed by atoms with Gasteiger partial charge in [-0.15, -0.1) is 0 Å². The number of rotatable bonds is 7. The number of ether oxygens (including phenoxy) is 2. The Balaban J connectivity index is 1.54. The SMILES string of the molecule is COc1cc(C=C2SC(=S)N(Cc3ccccc3)C2=O)cc(Cl)c1OCc1ccccc1F. The molecular weight excluding hydrogens is 481 g/mol. The minimum absolute atomic E-state index is 0.000242. The van der Waals surface area contributed by atoms with Crippen LogP contribution in [0.1, 0.15) is 16.7 Å². The molecule has 1 fully saturated rings. The average molecular weight is 500 g/mol. The maximum absolute atomic E-state index is 13.9. The third-order valence-electron chi connectivity index (χ3n) is 4.94. The second-order valence-electron chi connectivity index (χ2n) is 7.17. The highest BCUT2D eigenvalue weighted by molar-refractivity contribution is 8.26. The van der Waals surface area contributed by atoms with Crippen LogP contribution >= 0.6 is 35.6 Å². The first-order valence-electron chi connectivity index (χ1n) is 9.99. The topological polar surface area (TPSA) is 38.8 Å². The molecule has 1 amide bonds. The third-order valence-corrected chi connectivity index (χ3v) is 6.60. The van der Waals surface area contributed by atoms with Gasteiger partial charge in [0.05, 0.1) is 23.6 Å². The van der Waals surface area contributed by atoms with Gasteiger partial charge in [-0.3, -0.25) is 9.69 Å². The lowest BCUT2D eigenvalue weighted by Gasteiger charge is -2.14. The molecule has 3 aromatic rings. The van der Waals surface area contributed by atoms with Gasteiger partial charge < -0.3 is 9.47 Å². The molecule has 0 radical (unpaired) electrons. The molecule has 1 aliphatic rings. The standard InChI is InChI=1S/C25H19ClFNO3S2/c1-30-21-12-17(11-19(26)23(21)31-15-18-9-5-6-10-20(18)27)13-22-24(29)28(25(32)33-22)14-16-7-3-2-4-8-16/h2-13H,14-15H2,1H3. The molecular formula is C25H19ClFNO3S2. The van der Waals surface area contributed by atoms with E-state index in [9.17, 15) is 9.18 Å². The van der Waals surface area contributed by atoms with Crippen molar-refractivity contribution in [1.82, 2.24) is 4.90 Å². The van der Waals surface area contributed by atoms with E-state index in [-0.39, 0.29) is 23.4 Å². The normalized spacial score (nSPS) is 14.8. The number of halogens is 2. The van der Waals surface area contributed by atoms with Crippen molar-refractivity contribution in [2.75, 3.05) is 7.11 Å². The molecule has 0 aromatic heterocycles. The summed E-state index contributed by atoms with van der Waals surface area (Å²) in [4.78, 5) is 15.0. The molecule has 0 unspecified atom stereocenters. The van der Waals surface area contributed by atoms with Crippen molar-refractivity contribution in [1.29, 1.82) is 0 Å². The molecule has 1 aliphatic heterocycles. The Morgan fingerprint density at radius 3 is 2.58 bits per heavy atom. The smallest absolute Gasteiger partial charge is 0.266 e. The fourth-order valence-corrected chi connectivity index (χ4v) is 4.81. The minimum atomic E-state index is -0.360. The number of thioether (sulfide) groups is 1. The maximum Gasteiger partial charge on any atom is 0.266 e. The van der Waals surface area contributed by atoms with E-state index in [1.807, 2.05) is 30.3 Å². The lowest BCUT2D eigenvalue weighted by atomic mass is 10.1. The predicted octanol–water partition coefficient (Wildman–Crippen LogP) is 6.47. The number of thiocarbonyl (C=S) groups is 1. The first-order valence-corrected chi connectivity index (χ1v) is 11.6. The van der Waals surface area contributed by atoms with Crippen LogP contribution in [0.4, 0.5) is 4.39 Å². The van der Waals surface area contributed by atoms with Gasteiger partial charge in [0, 0.05) is 5.56 Å². The Bertz CT molecular complexity index is 1230. The molecule has 1 saturated heterocycles. The van der Waals surface area contributed by atoms with Crippen molar-refractivity contribution in [2.24, 2.45) is 0 Å². The summed E-state index contributed by atoms with van der Waals surface area (Å²) in [5, 5.41) is 0.289. The number of nitrogens with zero attached hydrogens (tertiary/aromatic N) is 1. The summed E-state index contributed by atoms with van der Waals surface area (Å²) in [6, 6.07) is 19.4. The zero-order valence-electron chi connectivity index (χ0n) is 17.6. The molecule has 4 nitrogen and oxygen atoms in total. The second-order valence-corrected chi connectivity index (χ2v) is 9.25. The molecule has 168 valence electrons. The summed E-state index contributed by atoms with van der Waals surface area (Å²) >= 11 is 13.1. The summed E-state index contributed by atoms with van der Waals surface area (Å²) in [6.07, 6.45) is 1.72. The number of benzene rings is 3. The van der Waals surface area contributed by atoms with E-state index in [0.717, 1.165) is 5.56 Å². The highest BCUT2D eigenvalue weighted by atomic mass is 35.5. The summed E-state index contributed by atoms with van der Waals surface area (Å²) in [5.41, 5.74) is 2.06. The Morgan fingerprint density at radius 1 is 1.12 bits per heavy atom. The van der Waals surface area contributed by atoms with E-state index in [1.165, 1.54) is 24.9 Å². The number of carbonyl (C=O) groups is 1. The first-order chi connectivity index (χ1) is 16.0. The van der Waals surface area contributed by atoms with Crippen LogP contribution in [0.2, 0.25) is 5.02 Å². The zero-order chi connectivity index (χ0) is 23.4. The van der Waals surface area contributed by atoms with Gasteiger partial charge >= 0.3 is 0 Å². The summed E-state index contributed by atoms with van der Waals surface area (Å²) in [6.45, 7) is 0.413. The molecule has 0 spiro atoms. The molecule has 0 atom stereocenters.